The number of benzene rings is 1. The molecule has 0 amide bonds. The molecule has 1 aromatic carbocycles. The Labute approximate surface area is 341 Å². The van der Waals surface area contributed by atoms with Crippen molar-refractivity contribution in [2.24, 2.45) is 0 Å². The maximum atomic E-state index is 15.3. The molecule has 0 aliphatic carbocycles. The number of halogens is 1. The number of aliphatic hydroxyl groups is 2. The van der Waals surface area contributed by atoms with Crippen LogP contribution in [0.3, 0.4) is 0 Å². The van der Waals surface area contributed by atoms with Crippen LogP contribution >= 0.6 is 7.82 Å². The monoisotopic (exact) mass is 835 g/mol. The normalized spacial score (nSPS) is 20.9. The third kappa shape index (κ3) is 13.6. The lowest BCUT2D eigenvalue weighted by Gasteiger charge is -2.27. The van der Waals surface area contributed by atoms with E-state index in [2.05, 4.69) is 17.0 Å². The summed E-state index contributed by atoms with van der Waals surface area (Å²) >= 11 is 0. The van der Waals surface area contributed by atoms with E-state index in [4.69, 9.17) is 33.7 Å². The van der Waals surface area contributed by atoms with E-state index in [-0.39, 0.29) is 29.5 Å². The van der Waals surface area contributed by atoms with Crippen LogP contribution in [0.25, 0.3) is 5.52 Å². The summed E-state index contributed by atoms with van der Waals surface area (Å²) in [5, 5.41) is 35.4. The van der Waals surface area contributed by atoms with Gasteiger partial charge in [0.2, 0.25) is 5.82 Å². The number of hydrogen-bond acceptors (Lipinski definition) is 13. The first-order valence-electron chi connectivity index (χ1n) is 20.7. The van der Waals surface area contributed by atoms with E-state index >= 15 is 4.39 Å². The Morgan fingerprint density at radius 3 is 2.19 bits per heavy atom. The second-order valence-electron chi connectivity index (χ2n) is 15.1. The molecule has 0 saturated carbocycles. The molecule has 1 fully saturated rings. The molecule has 2 aromatic heterocycles. The van der Waals surface area contributed by atoms with Gasteiger partial charge in [-0.2, -0.15) is 14.8 Å². The molecule has 0 radical (unpaired) electrons. The van der Waals surface area contributed by atoms with Crippen molar-refractivity contribution in [1.29, 1.82) is 5.26 Å². The molecule has 5 N–H and O–H groups in total. The molecular formula is C41H63FN5O10P. The Bertz CT molecular complexity index is 1780. The highest BCUT2D eigenvalue weighted by molar-refractivity contribution is 7.47. The molecule has 58 heavy (non-hydrogen) atoms. The van der Waals surface area contributed by atoms with E-state index in [0.717, 1.165) is 25.7 Å². The van der Waals surface area contributed by atoms with Crippen LogP contribution in [-0.2, 0) is 28.7 Å². The second kappa shape index (κ2) is 24.0. The van der Waals surface area contributed by atoms with Gasteiger partial charge in [-0.15, -0.1) is 0 Å². The third-order valence-electron chi connectivity index (χ3n) is 10.6. The maximum absolute atomic E-state index is 15.3. The minimum Gasteiger partial charge on any atom is -0.492 e. The summed E-state index contributed by atoms with van der Waals surface area (Å²) in [5.41, 5.74) is 5.23. The van der Waals surface area contributed by atoms with Crippen LogP contribution in [-0.4, -0.2) is 87.7 Å². The summed E-state index contributed by atoms with van der Waals surface area (Å²) < 4.78 is 62.9. The lowest BCUT2D eigenvalue weighted by Crippen LogP contribution is -2.39. The van der Waals surface area contributed by atoms with Crippen molar-refractivity contribution in [3.63, 3.8) is 0 Å². The van der Waals surface area contributed by atoms with Crippen molar-refractivity contribution < 1.29 is 52.1 Å². The molecule has 3 heterocycles. The van der Waals surface area contributed by atoms with Gasteiger partial charge in [0.1, 0.15) is 47.9 Å². The minimum atomic E-state index is -4.83. The summed E-state index contributed by atoms with van der Waals surface area (Å²) in [5.74, 6) is -1.31. The minimum absolute atomic E-state index is 0.0340. The average Bonchev–Trinajstić information content (AvgIpc) is 3.75. The fourth-order valence-electron chi connectivity index (χ4n) is 7.22. The van der Waals surface area contributed by atoms with Crippen LogP contribution in [0.4, 0.5) is 10.2 Å². The highest BCUT2D eigenvalue weighted by atomic mass is 31.2. The summed E-state index contributed by atoms with van der Waals surface area (Å²) in [6.45, 7) is 2.87. The van der Waals surface area contributed by atoms with Crippen LogP contribution in [0.2, 0.25) is 0 Å². The number of methoxy groups -OCH3 is 1. The molecule has 1 aliphatic rings. The molecule has 324 valence electrons. The van der Waals surface area contributed by atoms with Crippen LogP contribution in [0.1, 0.15) is 128 Å². The topological polar surface area (TPSA) is 213 Å². The van der Waals surface area contributed by atoms with Gasteiger partial charge in [-0.1, -0.05) is 103 Å². The fourth-order valence-corrected chi connectivity index (χ4v) is 7.98. The number of anilines is 1. The molecule has 1 aliphatic heterocycles. The quantitative estimate of drug-likeness (QED) is 0.0393. The smallest absolute Gasteiger partial charge is 0.472 e. The van der Waals surface area contributed by atoms with Gasteiger partial charge >= 0.3 is 7.82 Å². The fraction of sp³-hybridized carbons (Fsp3) is 0.683. The van der Waals surface area contributed by atoms with Crippen LogP contribution in [0.5, 0.6) is 11.5 Å². The number of nitrogens with two attached hydrogens (primary N) is 1. The zero-order chi connectivity index (χ0) is 42.0. The van der Waals surface area contributed by atoms with Gasteiger partial charge in [0, 0.05) is 6.61 Å². The Hall–Kier alpha value is -3.39. The van der Waals surface area contributed by atoms with Crippen molar-refractivity contribution in [3.8, 4) is 17.6 Å². The van der Waals surface area contributed by atoms with E-state index in [9.17, 15) is 24.9 Å². The maximum Gasteiger partial charge on any atom is 0.472 e. The summed E-state index contributed by atoms with van der Waals surface area (Å²) in [6.07, 6.45) is 15.8. The molecule has 17 heteroatoms. The summed E-state index contributed by atoms with van der Waals surface area (Å²) in [6, 6.07) is 7.70. The SMILES string of the molecule is CCCCCCCCCCCCCCCCCCOC[C@H](COP(=O)(O)OC[C@H]1O[C@@](C)(c2ccc3c(N)ncnn23)[C@H](O)[C@@H]1O)Oc1ccc(C#N)c(OC)c1F. The van der Waals surface area contributed by atoms with E-state index in [0.29, 0.717) is 17.8 Å². The molecular weight excluding hydrogens is 772 g/mol. The molecule has 3 aromatic rings. The molecule has 6 atom stereocenters. The number of unbranched alkanes of at least 4 members (excludes halogenated alkanes) is 15. The number of rotatable bonds is 29. The number of hydrogen-bond donors (Lipinski definition) is 4. The number of nitrogen functional groups attached to an aromatic ring is 1. The van der Waals surface area contributed by atoms with E-state index in [1.165, 1.54) is 114 Å². The van der Waals surface area contributed by atoms with Crippen molar-refractivity contribution in [2.75, 3.05) is 39.3 Å². The molecule has 0 bridgehead atoms. The Morgan fingerprint density at radius 1 is 0.966 bits per heavy atom. The summed E-state index contributed by atoms with van der Waals surface area (Å²) in [4.78, 5) is 14.6. The number of ether oxygens (including phenoxy) is 4. The van der Waals surface area contributed by atoms with Gasteiger partial charge < -0.3 is 39.8 Å². The highest BCUT2D eigenvalue weighted by Crippen LogP contribution is 2.46. The number of phosphoric ester groups is 1. The van der Waals surface area contributed by atoms with Gasteiger partial charge in [0.15, 0.2) is 17.3 Å². The van der Waals surface area contributed by atoms with Gasteiger partial charge in [0.05, 0.1) is 38.2 Å². The number of nitriles is 1. The van der Waals surface area contributed by atoms with Crippen molar-refractivity contribution >= 4 is 19.2 Å². The predicted octanol–water partition coefficient (Wildman–Crippen LogP) is 7.53. The molecule has 15 nitrogen and oxygen atoms in total. The molecule has 1 saturated heterocycles. The van der Waals surface area contributed by atoms with E-state index < -0.39 is 56.9 Å². The zero-order valence-corrected chi connectivity index (χ0v) is 35.1. The van der Waals surface area contributed by atoms with Crippen LogP contribution in [0, 0.1) is 17.1 Å². The Morgan fingerprint density at radius 2 is 1.59 bits per heavy atom. The van der Waals surface area contributed by atoms with Crippen molar-refractivity contribution in [3.05, 3.63) is 47.7 Å². The average molecular weight is 836 g/mol. The van der Waals surface area contributed by atoms with Crippen LogP contribution in [0.15, 0.2) is 30.6 Å². The van der Waals surface area contributed by atoms with Gasteiger partial charge in [-0.05, 0) is 37.6 Å². The van der Waals surface area contributed by atoms with Gasteiger partial charge in [-0.25, -0.2) is 14.1 Å². The molecule has 4 rings (SSSR count). The second-order valence-corrected chi connectivity index (χ2v) is 16.6. The largest absolute Gasteiger partial charge is 0.492 e. The van der Waals surface area contributed by atoms with E-state index in [1.807, 2.05) is 6.07 Å². The van der Waals surface area contributed by atoms with Crippen molar-refractivity contribution in [1.82, 2.24) is 14.6 Å². The van der Waals surface area contributed by atoms with Gasteiger partial charge in [-0.3, -0.25) is 9.05 Å². The highest BCUT2D eigenvalue weighted by Gasteiger charge is 2.54. The number of aromatic nitrogens is 3. The molecule has 1 unspecified atom stereocenters. The number of nitrogens with zero attached hydrogens (tertiary/aromatic N) is 4. The third-order valence-corrected chi connectivity index (χ3v) is 11.6. The van der Waals surface area contributed by atoms with Gasteiger partial charge in [0.25, 0.3) is 0 Å². The Balaban J connectivity index is 1.22. The first kappa shape index (κ1) is 47.3. The van der Waals surface area contributed by atoms with E-state index in [1.54, 1.807) is 12.1 Å². The van der Waals surface area contributed by atoms with Crippen LogP contribution < -0.4 is 15.2 Å². The number of fused-ring (bicyclic) bond motifs is 1. The number of phosphoric acid groups is 1. The zero-order valence-electron chi connectivity index (χ0n) is 34.2. The lowest BCUT2D eigenvalue weighted by molar-refractivity contribution is -0.0892. The Kier molecular flexibility index (Phi) is 19.6. The first-order chi connectivity index (χ1) is 28.0. The standard InChI is InChI=1S/C41H63FN5O10P/c1-4-5-6-7-8-9-10-11-12-13-14-15-16-17-18-19-24-53-26-31(56-33-22-20-30(25-43)38(52-3)36(33)42)27-54-58(50,51)55-28-34-37(48)39(49)41(2,57-34)35-23-21-32-40(44)45-29-46-47(32)35/h20-23,29,31,34,37,39,48-49H,4-19,24,26-28H2,1-3H3,(H,50,51)(H2,44,45,46)/t31-,34-,37-,39-,41+/m1/s1. The molecule has 0 spiro atoms. The number of aliphatic hydroxyl groups excluding tert-OH is 2. The summed E-state index contributed by atoms with van der Waals surface area (Å²) in [7, 11) is -3.60. The van der Waals surface area contributed by atoms with Crippen molar-refractivity contribution in [2.45, 2.75) is 147 Å². The first-order valence-corrected chi connectivity index (χ1v) is 22.2. The lowest BCUT2D eigenvalue weighted by atomic mass is 9.93. The predicted molar refractivity (Wildman–Crippen MR) is 216 cm³/mol.